The van der Waals surface area contributed by atoms with Crippen molar-refractivity contribution in [3.63, 3.8) is 0 Å². The van der Waals surface area contributed by atoms with E-state index in [0.29, 0.717) is 18.0 Å². The molecule has 0 saturated heterocycles. The summed E-state index contributed by atoms with van der Waals surface area (Å²) in [6.07, 6.45) is 3.60. The standard InChI is InChI=1S/C21H20ClN5OS2/c1-12-20(30-21(26-12)13(2)28)17-11-29-19(27-17)7-16-5-3-14(8-23-16)9-24-18-6-4-15(22)10-25-18/h3-6,8,10-11,13,28H,7,9H2,1-2H3,(H,24,25). The van der Waals surface area contributed by atoms with E-state index in [1.807, 2.05) is 30.6 Å². The molecule has 0 saturated carbocycles. The van der Waals surface area contributed by atoms with Crippen molar-refractivity contribution in [2.45, 2.75) is 32.9 Å². The first kappa shape index (κ1) is 20.9. The van der Waals surface area contributed by atoms with Crippen LogP contribution in [0.3, 0.4) is 0 Å². The number of nitrogens with zero attached hydrogens (tertiary/aromatic N) is 4. The fraction of sp³-hybridized carbons (Fsp3) is 0.238. The average Bonchev–Trinajstić information content (AvgIpc) is 3.35. The number of halogens is 1. The Hall–Kier alpha value is -2.39. The molecule has 0 aliphatic carbocycles. The highest BCUT2D eigenvalue weighted by Crippen LogP contribution is 2.33. The second-order valence-corrected chi connectivity index (χ2v) is 9.23. The highest BCUT2D eigenvalue weighted by atomic mass is 35.5. The molecular weight excluding hydrogens is 438 g/mol. The fourth-order valence-corrected chi connectivity index (χ4v) is 4.77. The van der Waals surface area contributed by atoms with Crippen LogP contribution in [0, 0.1) is 6.92 Å². The van der Waals surface area contributed by atoms with Gasteiger partial charge in [0.15, 0.2) is 0 Å². The van der Waals surface area contributed by atoms with Gasteiger partial charge in [0.2, 0.25) is 0 Å². The lowest BCUT2D eigenvalue weighted by atomic mass is 10.2. The zero-order chi connectivity index (χ0) is 21.1. The Bertz CT molecular complexity index is 1120. The van der Waals surface area contributed by atoms with E-state index >= 15 is 0 Å². The molecule has 1 atom stereocenters. The minimum absolute atomic E-state index is 0.562. The molecule has 1 unspecified atom stereocenters. The Balaban J connectivity index is 1.38. The smallest absolute Gasteiger partial charge is 0.126 e. The van der Waals surface area contributed by atoms with Crippen LogP contribution in [0.25, 0.3) is 10.6 Å². The molecule has 0 aromatic carbocycles. The van der Waals surface area contributed by atoms with E-state index in [-0.39, 0.29) is 0 Å². The lowest BCUT2D eigenvalue weighted by molar-refractivity contribution is 0.198. The van der Waals surface area contributed by atoms with E-state index in [0.717, 1.165) is 43.4 Å². The van der Waals surface area contributed by atoms with Gasteiger partial charge in [0, 0.05) is 36.4 Å². The third kappa shape index (κ3) is 5.02. The number of nitrogens with one attached hydrogen (secondary N) is 1. The Kier molecular flexibility index (Phi) is 6.38. The van der Waals surface area contributed by atoms with E-state index in [9.17, 15) is 5.11 Å². The van der Waals surface area contributed by atoms with Gasteiger partial charge >= 0.3 is 0 Å². The summed E-state index contributed by atoms with van der Waals surface area (Å²) in [6, 6.07) is 7.73. The van der Waals surface area contributed by atoms with Crippen LogP contribution in [0.1, 0.15) is 40.0 Å². The van der Waals surface area contributed by atoms with Crippen molar-refractivity contribution in [1.29, 1.82) is 0 Å². The molecule has 4 heterocycles. The maximum atomic E-state index is 9.75. The van der Waals surface area contributed by atoms with E-state index in [2.05, 4.69) is 26.3 Å². The summed E-state index contributed by atoms with van der Waals surface area (Å²) >= 11 is 8.96. The Morgan fingerprint density at radius 1 is 1.13 bits per heavy atom. The van der Waals surface area contributed by atoms with Crippen molar-refractivity contribution < 1.29 is 5.11 Å². The molecule has 0 radical (unpaired) electrons. The Morgan fingerprint density at radius 3 is 2.67 bits per heavy atom. The highest BCUT2D eigenvalue weighted by molar-refractivity contribution is 7.16. The summed E-state index contributed by atoms with van der Waals surface area (Å²) in [5.74, 6) is 0.774. The normalized spacial score (nSPS) is 12.1. The van der Waals surface area contributed by atoms with Gasteiger partial charge in [0.1, 0.15) is 16.9 Å². The minimum atomic E-state index is -0.562. The molecule has 4 aromatic rings. The molecule has 30 heavy (non-hydrogen) atoms. The van der Waals surface area contributed by atoms with Crippen molar-refractivity contribution in [3.8, 4) is 10.6 Å². The number of hydrogen-bond donors (Lipinski definition) is 2. The van der Waals surface area contributed by atoms with Gasteiger partial charge in [0.05, 0.1) is 26.3 Å². The lowest BCUT2D eigenvalue weighted by Crippen LogP contribution is -2.02. The Labute approximate surface area is 187 Å². The molecule has 0 amide bonds. The highest BCUT2D eigenvalue weighted by Gasteiger charge is 2.15. The van der Waals surface area contributed by atoms with Crippen molar-refractivity contribution in [2.75, 3.05) is 5.32 Å². The third-order valence-corrected chi connectivity index (χ3v) is 6.80. The van der Waals surface area contributed by atoms with Gasteiger partial charge in [-0.1, -0.05) is 17.7 Å². The number of aliphatic hydroxyl groups excluding tert-OH is 1. The molecular formula is C21H20ClN5OS2. The van der Waals surface area contributed by atoms with Gasteiger partial charge < -0.3 is 10.4 Å². The van der Waals surface area contributed by atoms with E-state index < -0.39 is 6.10 Å². The summed E-state index contributed by atoms with van der Waals surface area (Å²) in [5.41, 5.74) is 3.85. The molecule has 4 aromatic heterocycles. The summed E-state index contributed by atoms with van der Waals surface area (Å²) in [6.45, 7) is 4.32. The summed E-state index contributed by atoms with van der Waals surface area (Å²) in [4.78, 5) is 19.0. The Morgan fingerprint density at radius 2 is 2.00 bits per heavy atom. The van der Waals surface area contributed by atoms with Crippen LogP contribution in [-0.4, -0.2) is 25.0 Å². The number of aromatic nitrogens is 4. The van der Waals surface area contributed by atoms with Crippen molar-refractivity contribution in [2.24, 2.45) is 0 Å². The summed E-state index contributed by atoms with van der Waals surface area (Å²) < 4.78 is 0. The van der Waals surface area contributed by atoms with E-state index in [4.69, 9.17) is 16.6 Å². The van der Waals surface area contributed by atoms with Crippen LogP contribution in [0.2, 0.25) is 5.02 Å². The molecule has 4 rings (SSSR count). The van der Waals surface area contributed by atoms with E-state index in [1.165, 1.54) is 11.3 Å². The molecule has 0 fully saturated rings. The largest absolute Gasteiger partial charge is 0.386 e. The van der Waals surface area contributed by atoms with Crippen LogP contribution in [0.15, 0.2) is 42.0 Å². The van der Waals surface area contributed by atoms with E-state index in [1.54, 1.807) is 30.5 Å². The van der Waals surface area contributed by atoms with Gasteiger partial charge in [-0.15, -0.1) is 22.7 Å². The number of thiazole rings is 2. The quantitative estimate of drug-likeness (QED) is 0.393. The van der Waals surface area contributed by atoms with Gasteiger partial charge in [-0.3, -0.25) is 4.98 Å². The second kappa shape index (κ2) is 9.18. The number of aliphatic hydroxyl groups is 1. The molecule has 0 bridgehead atoms. The second-order valence-electron chi connectivity index (χ2n) is 6.82. The first-order valence-electron chi connectivity index (χ1n) is 9.37. The van der Waals surface area contributed by atoms with Crippen LogP contribution in [0.4, 0.5) is 5.82 Å². The molecule has 0 aliphatic heterocycles. The zero-order valence-electron chi connectivity index (χ0n) is 16.5. The molecule has 9 heteroatoms. The molecule has 2 N–H and O–H groups in total. The summed E-state index contributed by atoms with van der Waals surface area (Å²) in [7, 11) is 0. The van der Waals surface area contributed by atoms with Crippen LogP contribution >= 0.6 is 34.3 Å². The first-order valence-corrected chi connectivity index (χ1v) is 11.4. The van der Waals surface area contributed by atoms with Crippen LogP contribution in [-0.2, 0) is 13.0 Å². The zero-order valence-corrected chi connectivity index (χ0v) is 18.9. The lowest BCUT2D eigenvalue weighted by Gasteiger charge is -2.06. The van der Waals surface area contributed by atoms with Crippen molar-refractivity contribution >= 4 is 40.1 Å². The third-order valence-electron chi connectivity index (χ3n) is 4.37. The van der Waals surface area contributed by atoms with Gasteiger partial charge in [-0.2, -0.15) is 0 Å². The molecule has 154 valence electrons. The monoisotopic (exact) mass is 457 g/mol. The maximum Gasteiger partial charge on any atom is 0.126 e. The number of hydrogen-bond acceptors (Lipinski definition) is 8. The molecule has 0 spiro atoms. The maximum absolute atomic E-state index is 9.75. The number of rotatable bonds is 7. The predicted molar refractivity (Wildman–Crippen MR) is 122 cm³/mol. The summed E-state index contributed by atoms with van der Waals surface area (Å²) in [5, 5.41) is 17.4. The van der Waals surface area contributed by atoms with Gasteiger partial charge in [-0.25, -0.2) is 15.0 Å². The molecule has 0 aliphatic rings. The number of pyridine rings is 2. The SMILES string of the molecule is Cc1nc(C(C)O)sc1-c1csc(Cc2ccc(CNc3ccc(Cl)cn3)cn2)n1. The number of anilines is 1. The van der Waals surface area contributed by atoms with Crippen LogP contribution < -0.4 is 5.32 Å². The van der Waals surface area contributed by atoms with Gasteiger partial charge in [0.25, 0.3) is 0 Å². The van der Waals surface area contributed by atoms with Crippen LogP contribution in [0.5, 0.6) is 0 Å². The first-order chi connectivity index (χ1) is 14.5. The van der Waals surface area contributed by atoms with Crippen molar-refractivity contribution in [3.05, 3.63) is 74.0 Å². The fourth-order valence-electron chi connectivity index (χ4n) is 2.82. The average molecular weight is 458 g/mol. The molecule has 6 nitrogen and oxygen atoms in total. The van der Waals surface area contributed by atoms with Gasteiger partial charge in [-0.05, 0) is 37.6 Å². The predicted octanol–water partition coefficient (Wildman–Crippen LogP) is 5.27. The number of aryl methyl sites for hydroxylation is 1. The van der Waals surface area contributed by atoms with Crippen molar-refractivity contribution in [1.82, 2.24) is 19.9 Å². The topological polar surface area (TPSA) is 83.8 Å². The minimum Gasteiger partial charge on any atom is -0.386 e.